The molecule has 0 N–H and O–H groups in total. The topological polar surface area (TPSA) is 0 Å². The van der Waals surface area contributed by atoms with Crippen LogP contribution in [-0.4, -0.2) is 30.4 Å². The number of hydrogen-bond donors (Lipinski definition) is 0. The third-order valence-electron chi connectivity index (χ3n) is 1.82. The molecule has 1 aliphatic rings. The molecule has 1 aliphatic carbocycles. The standard InChI is InChI=1S/C7H5F7/c8-3-4(9)6(11,12)1-2-7(13,14)5(3)10/h1-5H. The van der Waals surface area contributed by atoms with Crippen molar-refractivity contribution in [3.63, 3.8) is 0 Å². The third kappa shape index (κ3) is 1.72. The summed E-state index contributed by atoms with van der Waals surface area (Å²) < 4.78 is 87.1. The van der Waals surface area contributed by atoms with E-state index in [0.29, 0.717) is 0 Å². The van der Waals surface area contributed by atoms with Crippen LogP contribution in [0.2, 0.25) is 0 Å². The van der Waals surface area contributed by atoms with E-state index in [9.17, 15) is 30.7 Å². The van der Waals surface area contributed by atoms with E-state index < -0.39 is 42.5 Å². The Kier molecular flexibility index (Phi) is 2.53. The molecule has 7 heteroatoms. The van der Waals surface area contributed by atoms with Crippen molar-refractivity contribution in [2.45, 2.75) is 30.4 Å². The number of allylic oxidation sites excluding steroid dienone is 2. The normalized spacial score (nSPS) is 40.6. The first kappa shape index (κ1) is 11.3. The first-order chi connectivity index (χ1) is 6.18. The lowest BCUT2D eigenvalue weighted by molar-refractivity contribution is -0.109. The highest BCUT2D eigenvalue weighted by atomic mass is 19.3. The maximum atomic E-state index is 12.5. The molecule has 0 bridgehead atoms. The van der Waals surface area contributed by atoms with Gasteiger partial charge in [-0.05, 0) is 12.2 Å². The molecule has 0 aromatic heterocycles. The van der Waals surface area contributed by atoms with Crippen molar-refractivity contribution < 1.29 is 30.7 Å². The predicted octanol–water partition coefficient (Wildman–Crippen LogP) is 2.84. The molecule has 2 atom stereocenters. The van der Waals surface area contributed by atoms with Crippen molar-refractivity contribution in [1.82, 2.24) is 0 Å². The smallest absolute Gasteiger partial charge is 0.241 e. The lowest BCUT2D eigenvalue weighted by atomic mass is 10.1. The molecule has 0 fully saturated rings. The maximum Gasteiger partial charge on any atom is 0.300 e. The summed E-state index contributed by atoms with van der Waals surface area (Å²) >= 11 is 0. The van der Waals surface area contributed by atoms with Crippen LogP contribution in [-0.2, 0) is 0 Å². The molecule has 0 saturated heterocycles. The summed E-state index contributed by atoms with van der Waals surface area (Å²) in [4.78, 5) is 0. The zero-order chi connectivity index (χ0) is 11.1. The van der Waals surface area contributed by atoms with Crippen LogP contribution in [0.25, 0.3) is 0 Å². The third-order valence-corrected chi connectivity index (χ3v) is 1.82. The summed E-state index contributed by atoms with van der Waals surface area (Å²) in [6.45, 7) is 0. The van der Waals surface area contributed by atoms with Crippen molar-refractivity contribution in [3.8, 4) is 0 Å². The van der Waals surface area contributed by atoms with Crippen molar-refractivity contribution in [2.75, 3.05) is 0 Å². The molecule has 0 radical (unpaired) electrons. The molecule has 0 aliphatic heterocycles. The van der Waals surface area contributed by atoms with Crippen molar-refractivity contribution in [2.24, 2.45) is 0 Å². The SMILES string of the molecule is FC1C(F)C(F)(F)C=CC(F)(F)C1F. The largest absolute Gasteiger partial charge is 0.300 e. The van der Waals surface area contributed by atoms with E-state index in [2.05, 4.69) is 0 Å². The highest BCUT2D eigenvalue weighted by molar-refractivity contribution is 5.14. The quantitative estimate of drug-likeness (QED) is 0.436. The molecule has 1 rings (SSSR count). The molecule has 2 unspecified atom stereocenters. The number of halogens is 7. The van der Waals surface area contributed by atoms with E-state index >= 15 is 0 Å². The Hall–Kier alpha value is -0.750. The van der Waals surface area contributed by atoms with Gasteiger partial charge in [0.05, 0.1) is 0 Å². The van der Waals surface area contributed by atoms with Crippen LogP contribution < -0.4 is 0 Å². The summed E-state index contributed by atoms with van der Waals surface area (Å²) in [7, 11) is 0. The molecule has 0 spiro atoms. The highest BCUT2D eigenvalue weighted by Crippen LogP contribution is 2.39. The van der Waals surface area contributed by atoms with E-state index in [1.165, 1.54) is 0 Å². The molecular weight excluding hydrogens is 217 g/mol. The van der Waals surface area contributed by atoms with Crippen LogP contribution in [0.5, 0.6) is 0 Å². The Morgan fingerprint density at radius 1 is 0.714 bits per heavy atom. The Morgan fingerprint density at radius 3 is 1.29 bits per heavy atom. The summed E-state index contributed by atoms with van der Waals surface area (Å²) in [6, 6.07) is 0. The molecule has 0 heterocycles. The fourth-order valence-corrected chi connectivity index (χ4v) is 0.979. The monoisotopic (exact) mass is 222 g/mol. The average Bonchev–Trinajstić information content (AvgIpc) is 2.14. The number of rotatable bonds is 0. The van der Waals surface area contributed by atoms with Gasteiger partial charge < -0.3 is 0 Å². The van der Waals surface area contributed by atoms with Gasteiger partial charge in [0.2, 0.25) is 12.3 Å². The molecule has 82 valence electrons. The van der Waals surface area contributed by atoms with Gasteiger partial charge in [-0.3, -0.25) is 0 Å². The van der Waals surface area contributed by atoms with E-state index in [0.717, 1.165) is 0 Å². The second-order valence-corrected chi connectivity index (χ2v) is 2.93. The van der Waals surface area contributed by atoms with Crippen molar-refractivity contribution in [3.05, 3.63) is 12.2 Å². The zero-order valence-corrected chi connectivity index (χ0v) is 6.53. The second kappa shape index (κ2) is 3.13. The average molecular weight is 222 g/mol. The fourth-order valence-electron chi connectivity index (χ4n) is 0.979. The zero-order valence-electron chi connectivity index (χ0n) is 6.53. The van der Waals surface area contributed by atoms with Crippen LogP contribution >= 0.6 is 0 Å². The van der Waals surface area contributed by atoms with Gasteiger partial charge in [-0.15, -0.1) is 0 Å². The lowest BCUT2D eigenvalue weighted by Gasteiger charge is -2.21. The van der Waals surface area contributed by atoms with Crippen LogP contribution in [0, 0.1) is 0 Å². The van der Waals surface area contributed by atoms with Gasteiger partial charge in [0.15, 0.2) is 6.17 Å². The fraction of sp³-hybridized carbons (Fsp3) is 0.714. The highest BCUT2D eigenvalue weighted by Gasteiger charge is 2.56. The van der Waals surface area contributed by atoms with Crippen LogP contribution in [0.1, 0.15) is 0 Å². The molecule has 14 heavy (non-hydrogen) atoms. The van der Waals surface area contributed by atoms with E-state index in [4.69, 9.17) is 0 Å². The minimum Gasteiger partial charge on any atom is -0.241 e. The van der Waals surface area contributed by atoms with Gasteiger partial charge in [0.1, 0.15) is 0 Å². The predicted molar refractivity (Wildman–Crippen MR) is 33.7 cm³/mol. The van der Waals surface area contributed by atoms with E-state index in [1.54, 1.807) is 0 Å². The summed E-state index contributed by atoms with van der Waals surface area (Å²) in [5.41, 5.74) is 0. The molecule has 0 amide bonds. The van der Waals surface area contributed by atoms with Crippen molar-refractivity contribution in [1.29, 1.82) is 0 Å². The van der Waals surface area contributed by atoms with Gasteiger partial charge in [0.25, 0.3) is 11.8 Å². The van der Waals surface area contributed by atoms with Gasteiger partial charge in [-0.1, -0.05) is 0 Å². The van der Waals surface area contributed by atoms with E-state index in [-0.39, 0.29) is 0 Å². The minimum absolute atomic E-state index is 0.510. The van der Waals surface area contributed by atoms with E-state index in [1.807, 2.05) is 0 Å². The van der Waals surface area contributed by atoms with Crippen LogP contribution in [0.4, 0.5) is 30.7 Å². The summed E-state index contributed by atoms with van der Waals surface area (Å²) in [5.74, 6) is -8.83. The first-order valence-corrected chi connectivity index (χ1v) is 3.57. The maximum absolute atomic E-state index is 12.5. The Balaban J connectivity index is 3.08. The molecule has 0 saturated carbocycles. The molecule has 0 aromatic carbocycles. The van der Waals surface area contributed by atoms with Crippen molar-refractivity contribution >= 4 is 0 Å². The van der Waals surface area contributed by atoms with Gasteiger partial charge in [0, 0.05) is 0 Å². The number of alkyl halides is 7. The molecule has 0 aromatic rings. The van der Waals surface area contributed by atoms with Gasteiger partial charge in [-0.25, -0.2) is 13.2 Å². The minimum atomic E-state index is -4.41. The molecule has 0 nitrogen and oxygen atoms in total. The summed E-state index contributed by atoms with van der Waals surface area (Å²) in [6.07, 6.45) is -11.8. The lowest BCUT2D eigenvalue weighted by Crippen LogP contribution is -2.43. The molecular formula is C7H5F7. The Labute approximate surface area is 74.4 Å². The Morgan fingerprint density at radius 2 is 1.00 bits per heavy atom. The number of hydrogen-bond acceptors (Lipinski definition) is 0. The Bertz CT molecular complexity index is 222. The first-order valence-electron chi connectivity index (χ1n) is 3.57. The summed E-state index contributed by atoms with van der Waals surface area (Å²) in [5, 5.41) is 0. The second-order valence-electron chi connectivity index (χ2n) is 2.93. The van der Waals surface area contributed by atoms with Gasteiger partial charge >= 0.3 is 0 Å². The van der Waals surface area contributed by atoms with Gasteiger partial charge in [-0.2, -0.15) is 17.6 Å². The van der Waals surface area contributed by atoms with Crippen LogP contribution in [0.3, 0.4) is 0 Å². The van der Waals surface area contributed by atoms with Crippen LogP contribution in [0.15, 0.2) is 12.2 Å².